The molecular weight excluding hydrogens is 466 g/mol. The second kappa shape index (κ2) is 9.29. The van der Waals surface area contributed by atoms with Crippen molar-refractivity contribution < 1.29 is 36.9 Å². The number of anilines is 1. The van der Waals surface area contributed by atoms with E-state index < -0.39 is 46.8 Å². The second-order valence-electron chi connectivity index (χ2n) is 6.29. The van der Waals surface area contributed by atoms with Crippen molar-refractivity contribution in [3.63, 3.8) is 0 Å². The quantitative estimate of drug-likeness (QED) is 0.144. The third-order valence-electron chi connectivity index (χ3n) is 4.26. The van der Waals surface area contributed by atoms with E-state index in [2.05, 4.69) is 20.3 Å². The van der Waals surface area contributed by atoms with Gasteiger partial charge in [0.05, 0.1) is 5.56 Å². The number of amides is 2. The van der Waals surface area contributed by atoms with Gasteiger partial charge in [0.25, 0.3) is 11.8 Å². The number of hydrogen-bond donors (Lipinski definition) is 3. The summed E-state index contributed by atoms with van der Waals surface area (Å²) < 4.78 is 37.7. The van der Waals surface area contributed by atoms with Gasteiger partial charge in [0, 0.05) is 5.38 Å². The van der Waals surface area contributed by atoms with Crippen LogP contribution in [0.2, 0.25) is 0 Å². The normalized spacial score (nSPS) is 18.6. The predicted molar refractivity (Wildman–Crippen MR) is 111 cm³/mol. The Morgan fingerprint density at radius 3 is 2.59 bits per heavy atom. The first-order valence-electron chi connectivity index (χ1n) is 8.79. The van der Waals surface area contributed by atoms with Gasteiger partial charge >= 0.3 is 16.3 Å². The fourth-order valence-electron chi connectivity index (χ4n) is 2.85. The van der Waals surface area contributed by atoms with E-state index in [9.17, 15) is 27.4 Å². The first kappa shape index (κ1) is 23.1. The van der Waals surface area contributed by atoms with E-state index in [1.54, 1.807) is 18.2 Å². The molecule has 1 aromatic heterocycles. The van der Waals surface area contributed by atoms with E-state index in [-0.39, 0.29) is 26.4 Å². The van der Waals surface area contributed by atoms with Crippen LogP contribution in [-0.2, 0) is 29.5 Å². The highest BCUT2D eigenvalue weighted by Crippen LogP contribution is 2.25. The Kier molecular flexibility index (Phi) is 6.71. The Hall–Kier alpha value is -3.56. The summed E-state index contributed by atoms with van der Waals surface area (Å²) >= 11 is 1.03. The van der Waals surface area contributed by atoms with Crippen LogP contribution in [0.15, 0.2) is 40.9 Å². The summed E-state index contributed by atoms with van der Waals surface area (Å²) in [5, 5.41) is 7.44. The lowest BCUT2D eigenvalue weighted by atomic mass is 9.99. The van der Waals surface area contributed by atoms with Crippen LogP contribution in [-0.4, -0.2) is 71.6 Å². The zero-order valence-corrected chi connectivity index (χ0v) is 18.0. The molecule has 32 heavy (non-hydrogen) atoms. The number of ether oxygens (including phenoxy) is 1. The molecule has 15 heteroatoms. The zero-order chi connectivity index (χ0) is 23.5. The van der Waals surface area contributed by atoms with E-state index >= 15 is 0 Å². The highest BCUT2D eigenvalue weighted by atomic mass is 32.2. The summed E-state index contributed by atoms with van der Waals surface area (Å²) in [7, 11) is -3.78. The molecule has 4 N–H and O–H groups in total. The second-order valence-corrected chi connectivity index (χ2v) is 8.47. The smallest absolute Gasteiger partial charge is 0.362 e. The van der Waals surface area contributed by atoms with E-state index in [1.807, 2.05) is 0 Å². The molecule has 2 amide bonds. The number of nitrogen functional groups attached to an aromatic ring is 1. The summed E-state index contributed by atoms with van der Waals surface area (Å²) in [4.78, 5) is 45.7. The summed E-state index contributed by atoms with van der Waals surface area (Å²) in [6.07, 6.45) is 0. The Labute approximate surface area is 185 Å². The number of benzene rings is 1. The first-order chi connectivity index (χ1) is 15.1. The summed E-state index contributed by atoms with van der Waals surface area (Å²) in [6, 6.07) is 4.99. The minimum atomic E-state index is -4.97. The van der Waals surface area contributed by atoms with Crippen molar-refractivity contribution in [1.82, 2.24) is 14.6 Å². The Balaban J connectivity index is 1.77. The number of oxime groups is 1. The largest absolute Gasteiger partial charge is 0.460 e. The highest BCUT2D eigenvalue weighted by molar-refractivity contribution is 7.84. The number of carbonyl (C=O) groups excluding carboxylic acids is 3. The molecule has 1 fully saturated rings. The van der Waals surface area contributed by atoms with Crippen LogP contribution in [0.1, 0.15) is 16.1 Å². The number of aromatic nitrogens is 1. The van der Waals surface area contributed by atoms with Gasteiger partial charge in [-0.15, -0.1) is 11.3 Å². The molecule has 2 unspecified atom stereocenters. The van der Waals surface area contributed by atoms with Crippen LogP contribution >= 0.6 is 11.3 Å². The number of thiazole rings is 1. The van der Waals surface area contributed by atoms with Crippen LogP contribution in [0.4, 0.5) is 5.13 Å². The molecule has 2 heterocycles. The third-order valence-corrected chi connectivity index (χ3v) is 5.88. The maximum Gasteiger partial charge on any atom is 0.362 e. The standard InChI is InChI=1S/C17H17N5O8S2/c1-29-21-12(10-8-31-17(18)19-10)14(23)20-13-11(22(15(13)24)32(26,27)28)7-30-16(25)9-5-3-2-4-6-9/h2-6,8,11,13H,7H2,1H3,(H2,18,19)(H,20,23)(H,26,27,28)/b21-12-. The first-order valence-corrected chi connectivity index (χ1v) is 11.1. The SMILES string of the molecule is CO/N=C(\C(=O)NC1C(=O)N(S(=O)(=O)O)C1COC(=O)c1ccccc1)c1csc(N)n1. The van der Waals surface area contributed by atoms with Gasteiger partial charge < -0.3 is 20.6 Å². The molecule has 1 saturated heterocycles. The lowest BCUT2D eigenvalue weighted by Crippen LogP contribution is -2.73. The van der Waals surface area contributed by atoms with Crippen molar-refractivity contribution in [1.29, 1.82) is 0 Å². The summed E-state index contributed by atoms with van der Waals surface area (Å²) in [6.45, 7) is -0.620. The molecule has 0 saturated carbocycles. The van der Waals surface area contributed by atoms with Gasteiger partial charge in [-0.1, -0.05) is 23.4 Å². The number of carbonyl (C=O) groups is 3. The summed E-state index contributed by atoms with van der Waals surface area (Å²) in [5.41, 5.74) is 5.49. The van der Waals surface area contributed by atoms with Crippen molar-refractivity contribution in [2.45, 2.75) is 12.1 Å². The van der Waals surface area contributed by atoms with Crippen molar-refractivity contribution in [3.05, 3.63) is 47.0 Å². The Morgan fingerprint density at radius 2 is 2.03 bits per heavy atom. The lowest BCUT2D eigenvalue weighted by Gasteiger charge is -2.43. The number of β-lactam (4-membered cyclic amide) rings is 1. The lowest BCUT2D eigenvalue weighted by molar-refractivity contribution is -0.146. The maximum absolute atomic E-state index is 12.7. The monoisotopic (exact) mass is 483 g/mol. The Morgan fingerprint density at radius 1 is 1.34 bits per heavy atom. The molecule has 0 radical (unpaired) electrons. The van der Waals surface area contributed by atoms with Crippen LogP contribution in [0.5, 0.6) is 0 Å². The van der Waals surface area contributed by atoms with Gasteiger partial charge in [-0.25, -0.2) is 14.1 Å². The molecule has 2 atom stereocenters. The maximum atomic E-state index is 12.7. The number of rotatable bonds is 8. The Bertz CT molecular complexity index is 1160. The van der Waals surface area contributed by atoms with E-state index in [0.717, 1.165) is 11.3 Å². The topological polar surface area (TPSA) is 191 Å². The van der Waals surface area contributed by atoms with Crippen LogP contribution in [0.3, 0.4) is 0 Å². The van der Waals surface area contributed by atoms with Crippen LogP contribution in [0, 0.1) is 0 Å². The molecule has 170 valence electrons. The molecule has 3 rings (SSSR count). The highest BCUT2D eigenvalue weighted by Gasteiger charge is 2.55. The van der Waals surface area contributed by atoms with E-state index in [4.69, 9.17) is 10.5 Å². The number of esters is 1. The molecule has 0 aliphatic carbocycles. The van der Waals surface area contributed by atoms with Gasteiger partial charge in [0.15, 0.2) is 10.8 Å². The minimum absolute atomic E-state index is 0.0670. The van der Waals surface area contributed by atoms with Gasteiger partial charge in [0.1, 0.15) is 31.5 Å². The molecule has 1 aliphatic rings. The zero-order valence-electron chi connectivity index (χ0n) is 16.4. The fourth-order valence-corrected chi connectivity index (χ4v) is 4.26. The van der Waals surface area contributed by atoms with E-state index in [0.29, 0.717) is 0 Å². The third kappa shape index (κ3) is 4.84. The van der Waals surface area contributed by atoms with Gasteiger partial charge in [-0.05, 0) is 12.1 Å². The molecule has 1 aromatic carbocycles. The molecule has 0 spiro atoms. The molecule has 13 nitrogen and oxygen atoms in total. The number of nitrogens with two attached hydrogens (primary N) is 1. The number of nitrogens with one attached hydrogen (secondary N) is 1. The van der Waals surface area contributed by atoms with Gasteiger partial charge in [0.2, 0.25) is 0 Å². The van der Waals surface area contributed by atoms with Crippen molar-refractivity contribution in [2.24, 2.45) is 5.16 Å². The van der Waals surface area contributed by atoms with Gasteiger partial charge in [-0.2, -0.15) is 8.42 Å². The molecule has 2 aromatic rings. The average Bonchev–Trinajstić information content (AvgIpc) is 3.17. The van der Waals surface area contributed by atoms with Gasteiger partial charge in [-0.3, -0.25) is 14.1 Å². The van der Waals surface area contributed by atoms with E-state index in [1.165, 1.54) is 24.6 Å². The van der Waals surface area contributed by atoms with Crippen molar-refractivity contribution in [3.8, 4) is 0 Å². The molecule has 0 bridgehead atoms. The minimum Gasteiger partial charge on any atom is -0.460 e. The number of nitrogens with zero attached hydrogens (tertiary/aromatic N) is 3. The predicted octanol–water partition coefficient (Wildman–Crippen LogP) is -0.569. The molecule has 1 aliphatic heterocycles. The van der Waals surface area contributed by atoms with Crippen LogP contribution < -0.4 is 11.1 Å². The van der Waals surface area contributed by atoms with Crippen LogP contribution in [0.25, 0.3) is 0 Å². The fraction of sp³-hybridized carbons (Fsp3) is 0.235. The summed E-state index contributed by atoms with van der Waals surface area (Å²) in [5.74, 6) is -2.84. The van der Waals surface area contributed by atoms with Crippen molar-refractivity contribution in [2.75, 3.05) is 19.5 Å². The average molecular weight is 483 g/mol. The molecular formula is C17H17N5O8S2. The number of hydrogen-bond acceptors (Lipinski definition) is 11. The van der Waals surface area contributed by atoms with Crippen molar-refractivity contribution >= 4 is 50.3 Å².